The van der Waals surface area contributed by atoms with Crippen LogP contribution in [0.25, 0.3) is 11.3 Å². The number of nitrogen functional groups attached to an aromatic ring is 1. The second-order valence-electron chi connectivity index (χ2n) is 6.28. The number of aromatic nitrogens is 2. The second kappa shape index (κ2) is 6.57. The summed E-state index contributed by atoms with van der Waals surface area (Å²) in [6, 6.07) is 20.2. The molecule has 0 aliphatic carbocycles. The van der Waals surface area contributed by atoms with Crippen molar-refractivity contribution in [3.63, 3.8) is 0 Å². The van der Waals surface area contributed by atoms with Crippen LogP contribution >= 0.6 is 0 Å². The molecule has 2 heterocycles. The molecule has 1 amide bonds. The van der Waals surface area contributed by atoms with Gasteiger partial charge in [-0.05, 0) is 18.1 Å². The van der Waals surface area contributed by atoms with Crippen LogP contribution < -0.4 is 16.2 Å². The predicted molar refractivity (Wildman–Crippen MR) is 100 cm³/mol. The Kier molecular flexibility index (Phi) is 4.10. The van der Waals surface area contributed by atoms with Gasteiger partial charge in [-0.2, -0.15) is 0 Å². The van der Waals surface area contributed by atoms with Crippen LogP contribution in [-0.2, 0) is 6.54 Å². The number of fused-ring (bicyclic) bond motifs is 1. The third kappa shape index (κ3) is 2.80. The summed E-state index contributed by atoms with van der Waals surface area (Å²) in [6.45, 7) is 2.88. The van der Waals surface area contributed by atoms with E-state index in [1.54, 1.807) is 0 Å². The van der Waals surface area contributed by atoms with Crippen LogP contribution in [0.15, 0.2) is 60.7 Å². The van der Waals surface area contributed by atoms with Crippen molar-refractivity contribution in [3.8, 4) is 11.3 Å². The van der Waals surface area contributed by atoms with Gasteiger partial charge in [0.1, 0.15) is 5.82 Å². The highest BCUT2D eigenvalue weighted by atomic mass is 16.2. The van der Waals surface area contributed by atoms with Gasteiger partial charge in [0, 0.05) is 18.2 Å². The monoisotopic (exact) mass is 345 g/mol. The van der Waals surface area contributed by atoms with Crippen LogP contribution in [0.5, 0.6) is 0 Å². The van der Waals surface area contributed by atoms with Gasteiger partial charge in [0.15, 0.2) is 0 Å². The number of hydrogen-bond donors (Lipinski definition) is 2. The summed E-state index contributed by atoms with van der Waals surface area (Å²) in [4.78, 5) is 23.1. The molecule has 2 aromatic carbocycles. The summed E-state index contributed by atoms with van der Waals surface area (Å²) in [5.74, 6) is 5.56. The van der Waals surface area contributed by atoms with Gasteiger partial charge in [-0.3, -0.25) is 10.2 Å². The number of rotatable bonds is 3. The van der Waals surface area contributed by atoms with E-state index in [2.05, 4.69) is 39.4 Å². The third-order valence-corrected chi connectivity index (χ3v) is 4.72. The Morgan fingerprint density at radius 1 is 1.12 bits per heavy atom. The molecule has 3 N–H and O–H groups in total. The zero-order valence-electron chi connectivity index (χ0n) is 14.4. The number of benzene rings is 2. The van der Waals surface area contributed by atoms with Gasteiger partial charge in [0.2, 0.25) is 5.82 Å². The molecule has 6 nitrogen and oxygen atoms in total. The van der Waals surface area contributed by atoms with Crippen LogP contribution in [-0.4, -0.2) is 15.9 Å². The van der Waals surface area contributed by atoms with E-state index in [9.17, 15) is 4.79 Å². The fourth-order valence-electron chi connectivity index (χ4n) is 3.36. The topological polar surface area (TPSA) is 84.1 Å². The molecule has 3 aromatic rings. The molecule has 1 aliphatic heterocycles. The minimum Gasteiger partial charge on any atom is -0.345 e. The fraction of sp³-hybridized carbons (Fsp3) is 0.150. The Morgan fingerprint density at radius 3 is 2.58 bits per heavy atom. The Hall–Kier alpha value is -3.25. The zero-order chi connectivity index (χ0) is 18.1. The summed E-state index contributed by atoms with van der Waals surface area (Å²) < 4.78 is 0. The van der Waals surface area contributed by atoms with E-state index < -0.39 is 5.91 Å². The first kappa shape index (κ1) is 16.2. The highest BCUT2D eigenvalue weighted by Gasteiger charge is 2.28. The average Bonchev–Trinajstić information content (AvgIpc) is 3.04. The lowest BCUT2D eigenvalue weighted by Crippen LogP contribution is -2.32. The van der Waals surface area contributed by atoms with Gasteiger partial charge in [-0.25, -0.2) is 15.8 Å². The molecule has 0 spiro atoms. The van der Waals surface area contributed by atoms with Gasteiger partial charge in [-0.15, -0.1) is 0 Å². The maximum atomic E-state index is 12.1. The van der Waals surface area contributed by atoms with E-state index >= 15 is 0 Å². The molecule has 6 heteroatoms. The first-order chi connectivity index (χ1) is 12.7. The number of nitrogens with two attached hydrogens (primary N) is 1. The molecule has 130 valence electrons. The molecular weight excluding hydrogens is 326 g/mol. The SMILES string of the molecule is C[C@H]1c2ccccc2CN1c1cc(-c2ccccc2)nc(C(=O)NN)n1. The number of hydrogen-bond acceptors (Lipinski definition) is 5. The molecule has 1 aromatic heterocycles. The number of nitrogens with zero attached hydrogens (tertiary/aromatic N) is 3. The molecule has 26 heavy (non-hydrogen) atoms. The van der Waals surface area contributed by atoms with Gasteiger partial charge >= 0.3 is 5.91 Å². The molecule has 0 radical (unpaired) electrons. The highest BCUT2D eigenvalue weighted by Crippen LogP contribution is 2.37. The molecule has 1 atom stereocenters. The number of hydrazine groups is 1. The lowest BCUT2D eigenvalue weighted by molar-refractivity contribution is 0.0943. The smallest absolute Gasteiger partial charge is 0.303 e. The molecule has 0 bridgehead atoms. The van der Waals surface area contributed by atoms with E-state index in [1.807, 2.05) is 48.5 Å². The van der Waals surface area contributed by atoms with Crippen LogP contribution in [0, 0.1) is 0 Å². The summed E-state index contributed by atoms with van der Waals surface area (Å²) in [5, 5.41) is 0. The fourth-order valence-corrected chi connectivity index (χ4v) is 3.36. The van der Waals surface area contributed by atoms with E-state index in [0.717, 1.165) is 12.1 Å². The third-order valence-electron chi connectivity index (χ3n) is 4.72. The Bertz CT molecular complexity index is 957. The highest BCUT2D eigenvalue weighted by molar-refractivity contribution is 5.91. The maximum Gasteiger partial charge on any atom is 0.303 e. The summed E-state index contributed by atoms with van der Waals surface area (Å²) in [5.41, 5.74) is 6.28. The molecule has 0 saturated heterocycles. The molecule has 1 aliphatic rings. The van der Waals surface area contributed by atoms with E-state index in [-0.39, 0.29) is 11.9 Å². The number of amides is 1. The lowest BCUT2D eigenvalue weighted by Gasteiger charge is -2.24. The van der Waals surface area contributed by atoms with Gasteiger partial charge in [-0.1, -0.05) is 54.6 Å². The Labute approximate surface area is 151 Å². The summed E-state index contributed by atoms with van der Waals surface area (Å²) >= 11 is 0. The van der Waals surface area contributed by atoms with E-state index in [1.165, 1.54) is 11.1 Å². The van der Waals surface area contributed by atoms with E-state index in [4.69, 9.17) is 5.84 Å². The normalized spacial score (nSPS) is 15.6. The molecule has 0 fully saturated rings. The van der Waals surface area contributed by atoms with Crippen molar-refractivity contribution in [1.29, 1.82) is 0 Å². The van der Waals surface area contributed by atoms with Gasteiger partial charge in [0.25, 0.3) is 0 Å². The predicted octanol–water partition coefficient (Wildman–Crippen LogP) is 2.83. The number of nitrogens with one attached hydrogen (secondary N) is 1. The van der Waals surface area contributed by atoms with E-state index in [0.29, 0.717) is 11.5 Å². The first-order valence-electron chi connectivity index (χ1n) is 8.47. The van der Waals surface area contributed by atoms with Crippen LogP contribution in [0.1, 0.15) is 34.7 Å². The van der Waals surface area contributed by atoms with Crippen molar-refractivity contribution in [2.75, 3.05) is 4.90 Å². The zero-order valence-corrected chi connectivity index (χ0v) is 14.4. The summed E-state index contributed by atoms with van der Waals surface area (Å²) in [7, 11) is 0. The Balaban J connectivity index is 1.80. The van der Waals surface area contributed by atoms with Crippen LogP contribution in [0.4, 0.5) is 5.82 Å². The quantitative estimate of drug-likeness (QED) is 0.433. The standard InChI is InChI=1S/C20H19N5O/c1-13-16-10-6-5-9-15(16)12-25(13)18-11-17(14-7-3-2-4-8-14)22-19(23-18)20(26)24-21/h2-11,13H,12,21H2,1H3,(H,24,26)/t13-/m0/s1. The molecule has 0 unspecified atom stereocenters. The first-order valence-corrected chi connectivity index (χ1v) is 8.47. The lowest BCUT2D eigenvalue weighted by atomic mass is 10.1. The van der Waals surface area contributed by atoms with Crippen molar-refractivity contribution in [2.45, 2.75) is 19.5 Å². The van der Waals surface area contributed by atoms with Crippen LogP contribution in [0.2, 0.25) is 0 Å². The minimum atomic E-state index is -0.506. The maximum absolute atomic E-state index is 12.1. The van der Waals surface area contributed by atoms with Gasteiger partial charge < -0.3 is 4.90 Å². The van der Waals surface area contributed by atoms with Crippen molar-refractivity contribution < 1.29 is 4.79 Å². The van der Waals surface area contributed by atoms with Crippen molar-refractivity contribution in [3.05, 3.63) is 77.6 Å². The molecule has 0 saturated carbocycles. The molecule has 4 rings (SSSR count). The van der Waals surface area contributed by atoms with Gasteiger partial charge in [0.05, 0.1) is 11.7 Å². The minimum absolute atomic E-state index is 0.0620. The van der Waals surface area contributed by atoms with Crippen LogP contribution in [0.3, 0.4) is 0 Å². The largest absolute Gasteiger partial charge is 0.345 e. The number of carbonyl (C=O) groups is 1. The molecular formula is C20H19N5O. The summed E-state index contributed by atoms with van der Waals surface area (Å²) in [6.07, 6.45) is 0. The number of anilines is 1. The van der Waals surface area contributed by atoms with Crippen molar-refractivity contribution >= 4 is 11.7 Å². The number of carbonyl (C=O) groups excluding carboxylic acids is 1. The van der Waals surface area contributed by atoms with Crippen molar-refractivity contribution in [1.82, 2.24) is 15.4 Å². The Morgan fingerprint density at radius 2 is 1.85 bits per heavy atom. The van der Waals surface area contributed by atoms with Crippen molar-refractivity contribution in [2.24, 2.45) is 5.84 Å². The second-order valence-corrected chi connectivity index (χ2v) is 6.28. The average molecular weight is 345 g/mol.